The smallest absolute Gasteiger partial charge is 0.251 e. The Labute approximate surface area is 104 Å². The quantitative estimate of drug-likeness (QED) is 0.854. The summed E-state index contributed by atoms with van der Waals surface area (Å²) in [5.41, 5.74) is 1.25. The highest BCUT2D eigenvalue weighted by atomic mass is 19.1. The van der Waals surface area contributed by atoms with Gasteiger partial charge in [0.15, 0.2) is 0 Å². The average molecular weight is 245 g/mol. The molecule has 2 aromatic rings. The summed E-state index contributed by atoms with van der Waals surface area (Å²) in [4.78, 5) is 11.5. The maximum Gasteiger partial charge on any atom is 0.251 e. The zero-order valence-corrected chi connectivity index (χ0v) is 9.77. The van der Waals surface area contributed by atoms with Crippen molar-refractivity contribution in [1.82, 2.24) is 5.32 Å². The van der Waals surface area contributed by atoms with Crippen LogP contribution >= 0.6 is 0 Å². The Kier molecular flexibility index (Phi) is 3.28. The minimum atomic E-state index is -0.443. The van der Waals surface area contributed by atoms with Crippen LogP contribution in [0, 0.1) is 5.82 Å². The van der Waals surface area contributed by atoms with E-state index in [9.17, 15) is 14.3 Å². The summed E-state index contributed by atoms with van der Waals surface area (Å²) in [5, 5.41) is 11.9. The maximum absolute atomic E-state index is 13.7. The van der Waals surface area contributed by atoms with Gasteiger partial charge in [-0.25, -0.2) is 4.39 Å². The molecule has 0 aliphatic heterocycles. The molecule has 0 heterocycles. The van der Waals surface area contributed by atoms with Gasteiger partial charge in [0.1, 0.15) is 11.6 Å². The lowest BCUT2D eigenvalue weighted by molar-refractivity contribution is 0.0963. The second-order valence-corrected chi connectivity index (χ2v) is 3.82. The highest BCUT2D eigenvalue weighted by Crippen LogP contribution is 2.27. The second-order valence-electron chi connectivity index (χ2n) is 3.82. The molecule has 2 N–H and O–H groups in total. The van der Waals surface area contributed by atoms with Gasteiger partial charge < -0.3 is 10.4 Å². The molecule has 0 aromatic heterocycles. The lowest BCUT2D eigenvalue weighted by Gasteiger charge is -2.06. The summed E-state index contributed by atoms with van der Waals surface area (Å²) >= 11 is 0. The monoisotopic (exact) mass is 245 g/mol. The molecule has 18 heavy (non-hydrogen) atoms. The number of hydrogen-bond acceptors (Lipinski definition) is 2. The van der Waals surface area contributed by atoms with Crippen molar-refractivity contribution in [2.45, 2.75) is 0 Å². The molecule has 1 amide bonds. The zero-order chi connectivity index (χ0) is 13.1. The van der Waals surface area contributed by atoms with Crippen LogP contribution in [0.15, 0.2) is 42.5 Å². The molecule has 0 spiro atoms. The Bertz CT molecular complexity index is 596. The molecule has 0 aliphatic rings. The number of nitrogens with one attached hydrogen (secondary N) is 1. The van der Waals surface area contributed by atoms with Crippen LogP contribution in [0.4, 0.5) is 4.39 Å². The van der Waals surface area contributed by atoms with Gasteiger partial charge in [-0.3, -0.25) is 4.79 Å². The number of hydrogen-bond donors (Lipinski definition) is 2. The minimum Gasteiger partial charge on any atom is -0.508 e. The Morgan fingerprint density at radius 3 is 2.72 bits per heavy atom. The van der Waals surface area contributed by atoms with E-state index in [0.717, 1.165) is 0 Å². The Hall–Kier alpha value is -2.36. The summed E-state index contributed by atoms with van der Waals surface area (Å²) < 4.78 is 13.7. The van der Waals surface area contributed by atoms with E-state index in [4.69, 9.17) is 0 Å². The average Bonchev–Trinajstić information content (AvgIpc) is 2.40. The van der Waals surface area contributed by atoms with Gasteiger partial charge in [-0.05, 0) is 35.9 Å². The van der Waals surface area contributed by atoms with Crippen LogP contribution in [0.3, 0.4) is 0 Å². The molecule has 4 heteroatoms. The van der Waals surface area contributed by atoms with Crippen LogP contribution in [-0.2, 0) is 0 Å². The van der Waals surface area contributed by atoms with Crippen molar-refractivity contribution in [1.29, 1.82) is 0 Å². The van der Waals surface area contributed by atoms with Crippen molar-refractivity contribution < 1.29 is 14.3 Å². The zero-order valence-electron chi connectivity index (χ0n) is 9.77. The van der Waals surface area contributed by atoms with Crippen molar-refractivity contribution in [3.63, 3.8) is 0 Å². The van der Waals surface area contributed by atoms with E-state index in [1.54, 1.807) is 24.3 Å². The summed E-state index contributed by atoms with van der Waals surface area (Å²) in [6, 6.07) is 10.4. The largest absolute Gasteiger partial charge is 0.508 e. The Balaban J connectivity index is 2.51. The molecule has 0 radical (unpaired) electrons. The SMILES string of the molecule is CNC(=O)c1cccc(-c2cc(O)ccc2F)c1. The number of carbonyl (C=O) groups is 1. The Morgan fingerprint density at radius 1 is 1.22 bits per heavy atom. The molecule has 0 bridgehead atoms. The number of halogens is 1. The van der Waals surface area contributed by atoms with Gasteiger partial charge in [-0.1, -0.05) is 12.1 Å². The summed E-state index contributed by atoms with van der Waals surface area (Å²) in [6.45, 7) is 0. The van der Waals surface area contributed by atoms with E-state index in [1.165, 1.54) is 25.2 Å². The van der Waals surface area contributed by atoms with E-state index in [1.807, 2.05) is 0 Å². The number of aromatic hydroxyl groups is 1. The van der Waals surface area contributed by atoms with Crippen molar-refractivity contribution in [3.05, 3.63) is 53.8 Å². The van der Waals surface area contributed by atoms with Crippen LogP contribution in [0.1, 0.15) is 10.4 Å². The fraction of sp³-hybridized carbons (Fsp3) is 0.0714. The number of amides is 1. The van der Waals surface area contributed by atoms with Crippen LogP contribution in [0.2, 0.25) is 0 Å². The first-order valence-corrected chi connectivity index (χ1v) is 5.43. The molecule has 0 unspecified atom stereocenters. The van der Waals surface area contributed by atoms with E-state index in [0.29, 0.717) is 11.1 Å². The lowest BCUT2D eigenvalue weighted by atomic mass is 10.0. The molecule has 2 aromatic carbocycles. The molecule has 0 fully saturated rings. The predicted molar refractivity (Wildman–Crippen MR) is 66.9 cm³/mol. The van der Waals surface area contributed by atoms with Crippen LogP contribution in [0.5, 0.6) is 5.75 Å². The van der Waals surface area contributed by atoms with Crippen molar-refractivity contribution in [2.75, 3.05) is 7.05 Å². The molecular weight excluding hydrogens is 233 g/mol. The summed E-state index contributed by atoms with van der Waals surface area (Å²) in [7, 11) is 1.53. The van der Waals surface area contributed by atoms with Crippen LogP contribution in [0.25, 0.3) is 11.1 Å². The number of carbonyl (C=O) groups excluding carboxylic acids is 1. The van der Waals surface area contributed by atoms with Gasteiger partial charge in [-0.15, -0.1) is 0 Å². The summed E-state index contributed by atoms with van der Waals surface area (Å²) in [5.74, 6) is -0.698. The fourth-order valence-electron chi connectivity index (χ4n) is 1.71. The van der Waals surface area contributed by atoms with Crippen molar-refractivity contribution >= 4 is 5.91 Å². The third-order valence-electron chi connectivity index (χ3n) is 2.61. The Morgan fingerprint density at radius 2 is 2.00 bits per heavy atom. The topological polar surface area (TPSA) is 49.3 Å². The minimum absolute atomic E-state index is 0.0169. The number of benzene rings is 2. The highest BCUT2D eigenvalue weighted by molar-refractivity contribution is 5.95. The van der Waals surface area contributed by atoms with Crippen molar-refractivity contribution in [3.8, 4) is 16.9 Å². The first-order chi connectivity index (χ1) is 8.61. The first kappa shape index (κ1) is 12.1. The fourth-order valence-corrected chi connectivity index (χ4v) is 1.71. The number of rotatable bonds is 2. The molecule has 3 nitrogen and oxygen atoms in total. The molecule has 0 saturated carbocycles. The first-order valence-electron chi connectivity index (χ1n) is 5.43. The molecular formula is C14H12FNO2. The van der Waals surface area contributed by atoms with Gasteiger partial charge in [0.05, 0.1) is 0 Å². The van der Waals surface area contributed by atoms with E-state index in [2.05, 4.69) is 5.32 Å². The van der Waals surface area contributed by atoms with E-state index in [-0.39, 0.29) is 17.2 Å². The third-order valence-corrected chi connectivity index (χ3v) is 2.61. The number of phenolic OH excluding ortho intramolecular Hbond substituents is 1. The summed E-state index contributed by atoms with van der Waals surface area (Å²) in [6.07, 6.45) is 0. The molecule has 0 aliphatic carbocycles. The normalized spacial score (nSPS) is 10.1. The van der Waals surface area contributed by atoms with Gasteiger partial charge in [-0.2, -0.15) is 0 Å². The van der Waals surface area contributed by atoms with E-state index < -0.39 is 5.82 Å². The van der Waals surface area contributed by atoms with E-state index >= 15 is 0 Å². The lowest BCUT2D eigenvalue weighted by Crippen LogP contribution is -2.17. The van der Waals surface area contributed by atoms with Crippen LogP contribution in [-0.4, -0.2) is 18.1 Å². The van der Waals surface area contributed by atoms with Crippen molar-refractivity contribution in [2.24, 2.45) is 0 Å². The maximum atomic E-state index is 13.7. The number of phenols is 1. The predicted octanol–water partition coefficient (Wildman–Crippen LogP) is 2.56. The molecule has 2 rings (SSSR count). The van der Waals surface area contributed by atoms with Gasteiger partial charge >= 0.3 is 0 Å². The van der Waals surface area contributed by atoms with Crippen LogP contribution < -0.4 is 5.32 Å². The van der Waals surface area contributed by atoms with Gasteiger partial charge in [0, 0.05) is 18.2 Å². The van der Waals surface area contributed by atoms with Gasteiger partial charge in [0.2, 0.25) is 0 Å². The van der Waals surface area contributed by atoms with Gasteiger partial charge in [0.25, 0.3) is 5.91 Å². The molecule has 0 atom stereocenters. The third kappa shape index (κ3) is 2.32. The highest BCUT2D eigenvalue weighted by Gasteiger charge is 2.09. The molecule has 0 saturated heterocycles. The standard InChI is InChI=1S/C14H12FNO2/c1-16-14(18)10-4-2-3-9(7-10)12-8-11(17)5-6-13(12)15/h2-8,17H,1H3,(H,16,18). The molecule has 92 valence electrons. The second kappa shape index (κ2) is 4.87.